The molecule has 0 aliphatic carbocycles. The Morgan fingerprint density at radius 2 is 2.38 bits per heavy atom. The van der Waals surface area contributed by atoms with E-state index in [0.29, 0.717) is 26.2 Å². The Labute approximate surface area is 78.2 Å². The number of ether oxygens (including phenoxy) is 3. The third-order valence-corrected chi connectivity index (χ3v) is 2.10. The van der Waals surface area contributed by atoms with Crippen molar-refractivity contribution in [3.63, 3.8) is 0 Å². The summed E-state index contributed by atoms with van der Waals surface area (Å²) < 4.78 is 15.2. The van der Waals surface area contributed by atoms with Gasteiger partial charge in [0.25, 0.3) is 0 Å². The van der Waals surface area contributed by atoms with Crippen molar-refractivity contribution in [2.45, 2.75) is 19.4 Å². The highest BCUT2D eigenvalue weighted by molar-refractivity contribution is 5.71. The monoisotopic (exact) mass is 188 g/mol. The smallest absolute Gasteiger partial charge is 0.308 e. The van der Waals surface area contributed by atoms with Crippen molar-refractivity contribution < 1.29 is 19.0 Å². The third-order valence-electron chi connectivity index (χ3n) is 2.10. The van der Waals surface area contributed by atoms with Gasteiger partial charge in [-0.15, -0.1) is 0 Å². The van der Waals surface area contributed by atoms with Gasteiger partial charge in [0.15, 0.2) is 0 Å². The van der Waals surface area contributed by atoms with Crippen LogP contribution >= 0.6 is 0 Å². The first-order chi connectivity index (χ1) is 6.24. The number of carbonyl (C=O) groups is 1. The second kappa shape index (κ2) is 5.19. The SMILES string of the molecule is COC(=O)[C@@H](C)C[C@H]1COCCO1. The molecule has 2 atom stereocenters. The van der Waals surface area contributed by atoms with Crippen LogP contribution in [0.1, 0.15) is 13.3 Å². The first kappa shape index (κ1) is 10.5. The quantitative estimate of drug-likeness (QED) is 0.608. The number of methoxy groups -OCH3 is 1. The van der Waals surface area contributed by atoms with Gasteiger partial charge in [0.05, 0.1) is 39.0 Å². The van der Waals surface area contributed by atoms with Gasteiger partial charge >= 0.3 is 5.97 Å². The molecule has 0 saturated carbocycles. The lowest BCUT2D eigenvalue weighted by Gasteiger charge is -2.24. The predicted molar refractivity (Wildman–Crippen MR) is 46.4 cm³/mol. The molecule has 1 heterocycles. The van der Waals surface area contributed by atoms with Crippen molar-refractivity contribution in [2.24, 2.45) is 5.92 Å². The number of hydrogen-bond acceptors (Lipinski definition) is 4. The topological polar surface area (TPSA) is 44.8 Å². The molecule has 0 aromatic rings. The van der Waals surface area contributed by atoms with Crippen molar-refractivity contribution in [1.82, 2.24) is 0 Å². The molecular formula is C9H16O4. The van der Waals surface area contributed by atoms with E-state index < -0.39 is 0 Å². The minimum Gasteiger partial charge on any atom is -0.469 e. The summed E-state index contributed by atoms with van der Waals surface area (Å²) in [6.07, 6.45) is 0.718. The summed E-state index contributed by atoms with van der Waals surface area (Å²) in [6, 6.07) is 0. The van der Waals surface area contributed by atoms with Crippen LogP contribution in [0.3, 0.4) is 0 Å². The molecule has 4 heteroatoms. The summed E-state index contributed by atoms with van der Waals surface area (Å²) in [5.74, 6) is -0.300. The summed E-state index contributed by atoms with van der Waals surface area (Å²) in [7, 11) is 1.40. The Hall–Kier alpha value is -0.610. The first-order valence-corrected chi connectivity index (χ1v) is 4.51. The summed E-state index contributed by atoms with van der Waals surface area (Å²) in [5, 5.41) is 0. The van der Waals surface area contributed by atoms with Gasteiger partial charge in [-0.3, -0.25) is 4.79 Å². The molecular weight excluding hydrogens is 172 g/mol. The standard InChI is InChI=1S/C9H16O4/c1-7(9(10)11-2)5-8-6-12-3-4-13-8/h7-8H,3-6H2,1-2H3/t7-,8-/m0/s1. The average molecular weight is 188 g/mol. The number of esters is 1. The van der Waals surface area contributed by atoms with Crippen molar-refractivity contribution in [3.8, 4) is 0 Å². The van der Waals surface area contributed by atoms with Crippen LogP contribution in [0.4, 0.5) is 0 Å². The molecule has 1 aliphatic heterocycles. The van der Waals surface area contributed by atoms with Crippen LogP contribution in [0.25, 0.3) is 0 Å². The summed E-state index contributed by atoms with van der Waals surface area (Å²) in [5.41, 5.74) is 0. The highest BCUT2D eigenvalue weighted by Crippen LogP contribution is 2.13. The third kappa shape index (κ3) is 3.32. The molecule has 76 valence electrons. The van der Waals surface area contributed by atoms with Gasteiger partial charge in [-0.2, -0.15) is 0 Å². The highest BCUT2D eigenvalue weighted by atomic mass is 16.6. The van der Waals surface area contributed by atoms with E-state index in [4.69, 9.17) is 9.47 Å². The summed E-state index contributed by atoms with van der Waals surface area (Å²) in [4.78, 5) is 11.1. The van der Waals surface area contributed by atoms with Crippen LogP contribution in [0.2, 0.25) is 0 Å². The molecule has 1 fully saturated rings. The van der Waals surface area contributed by atoms with Crippen molar-refractivity contribution >= 4 is 5.97 Å². The summed E-state index contributed by atoms with van der Waals surface area (Å²) >= 11 is 0. The molecule has 1 rings (SSSR count). The fourth-order valence-electron chi connectivity index (χ4n) is 1.36. The maximum Gasteiger partial charge on any atom is 0.308 e. The van der Waals surface area contributed by atoms with Gasteiger partial charge in [-0.25, -0.2) is 0 Å². The van der Waals surface area contributed by atoms with Crippen LogP contribution in [-0.4, -0.2) is 39.0 Å². The van der Waals surface area contributed by atoms with E-state index >= 15 is 0 Å². The molecule has 13 heavy (non-hydrogen) atoms. The molecule has 0 radical (unpaired) electrons. The van der Waals surface area contributed by atoms with Gasteiger partial charge in [-0.1, -0.05) is 6.92 Å². The maximum atomic E-state index is 11.1. The molecule has 4 nitrogen and oxygen atoms in total. The molecule has 0 aromatic heterocycles. The normalized spacial score (nSPS) is 25.2. The Kier molecular flexibility index (Phi) is 4.18. The van der Waals surface area contributed by atoms with E-state index in [1.165, 1.54) is 7.11 Å². The van der Waals surface area contributed by atoms with Crippen LogP contribution < -0.4 is 0 Å². The van der Waals surface area contributed by atoms with Gasteiger partial charge in [0.1, 0.15) is 0 Å². The maximum absolute atomic E-state index is 11.1. The Morgan fingerprint density at radius 3 is 2.92 bits per heavy atom. The average Bonchev–Trinajstić information content (AvgIpc) is 2.18. The van der Waals surface area contributed by atoms with Gasteiger partial charge < -0.3 is 14.2 Å². The lowest BCUT2D eigenvalue weighted by Crippen LogP contribution is -2.31. The zero-order valence-corrected chi connectivity index (χ0v) is 8.12. The van der Waals surface area contributed by atoms with Crippen LogP contribution in [0, 0.1) is 5.92 Å². The minimum absolute atomic E-state index is 0.0443. The Bertz CT molecular complexity index is 163. The molecule has 0 aromatic carbocycles. The largest absolute Gasteiger partial charge is 0.469 e. The van der Waals surface area contributed by atoms with Gasteiger partial charge in [0, 0.05) is 0 Å². The van der Waals surface area contributed by atoms with E-state index in [1.54, 1.807) is 0 Å². The Morgan fingerprint density at radius 1 is 1.62 bits per heavy atom. The van der Waals surface area contributed by atoms with E-state index in [-0.39, 0.29) is 18.0 Å². The molecule has 1 saturated heterocycles. The van der Waals surface area contributed by atoms with Gasteiger partial charge in [-0.05, 0) is 6.42 Å². The number of rotatable bonds is 3. The van der Waals surface area contributed by atoms with E-state index in [0.717, 1.165) is 0 Å². The molecule has 0 N–H and O–H groups in total. The number of hydrogen-bond donors (Lipinski definition) is 0. The molecule has 1 aliphatic rings. The van der Waals surface area contributed by atoms with E-state index in [1.807, 2.05) is 6.92 Å². The summed E-state index contributed by atoms with van der Waals surface area (Å²) in [6.45, 7) is 3.70. The van der Waals surface area contributed by atoms with Crippen LogP contribution in [0.5, 0.6) is 0 Å². The van der Waals surface area contributed by atoms with Crippen molar-refractivity contribution in [3.05, 3.63) is 0 Å². The Balaban J connectivity index is 2.25. The van der Waals surface area contributed by atoms with Crippen molar-refractivity contribution in [2.75, 3.05) is 26.9 Å². The van der Waals surface area contributed by atoms with Crippen LogP contribution in [0.15, 0.2) is 0 Å². The fourth-order valence-corrected chi connectivity index (χ4v) is 1.36. The van der Waals surface area contributed by atoms with Gasteiger partial charge in [0.2, 0.25) is 0 Å². The minimum atomic E-state index is -0.186. The number of carbonyl (C=O) groups excluding carboxylic acids is 1. The molecule has 0 unspecified atom stereocenters. The molecule has 0 bridgehead atoms. The zero-order chi connectivity index (χ0) is 9.68. The fraction of sp³-hybridized carbons (Fsp3) is 0.889. The predicted octanol–water partition coefficient (Wildman–Crippen LogP) is 0.601. The highest BCUT2D eigenvalue weighted by Gasteiger charge is 2.21. The van der Waals surface area contributed by atoms with Crippen molar-refractivity contribution in [1.29, 1.82) is 0 Å². The lowest BCUT2D eigenvalue weighted by atomic mass is 10.0. The molecule has 0 amide bonds. The molecule has 0 spiro atoms. The lowest BCUT2D eigenvalue weighted by molar-refractivity contribution is -0.148. The van der Waals surface area contributed by atoms with E-state index in [9.17, 15) is 4.79 Å². The van der Waals surface area contributed by atoms with E-state index in [2.05, 4.69) is 4.74 Å². The first-order valence-electron chi connectivity index (χ1n) is 4.51. The second-order valence-electron chi connectivity index (χ2n) is 3.23. The second-order valence-corrected chi connectivity index (χ2v) is 3.23. The van der Waals surface area contributed by atoms with Crippen LogP contribution in [-0.2, 0) is 19.0 Å². The zero-order valence-electron chi connectivity index (χ0n) is 8.12.